The monoisotopic (exact) mass is 351 g/mol. The van der Waals surface area contributed by atoms with Crippen molar-refractivity contribution in [1.29, 1.82) is 0 Å². The molecule has 0 atom stereocenters. The molecule has 7 heteroatoms. The van der Waals surface area contributed by atoms with E-state index in [1.165, 1.54) is 6.07 Å². The molecular weight excluding hydrogens is 325 g/mol. The van der Waals surface area contributed by atoms with E-state index in [9.17, 15) is 18.8 Å². The van der Waals surface area contributed by atoms with Gasteiger partial charge < -0.3 is 15.5 Å². The Morgan fingerprint density at radius 1 is 1.08 bits per heavy atom. The van der Waals surface area contributed by atoms with E-state index in [-0.39, 0.29) is 30.3 Å². The molecule has 2 N–H and O–H groups in total. The molecule has 138 valence electrons. The van der Waals surface area contributed by atoms with Gasteiger partial charge in [-0.05, 0) is 44.0 Å². The number of aryl methyl sites for hydroxylation is 1. The van der Waals surface area contributed by atoms with E-state index in [2.05, 4.69) is 10.6 Å². The topological polar surface area (TPSA) is 78.5 Å². The average molecular weight is 351 g/mol. The van der Waals surface area contributed by atoms with Crippen LogP contribution in [0.15, 0.2) is 18.2 Å². The Hall–Kier alpha value is -2.44. The minimum atomic E-state index is -0.504. The van der Waals surface area contributed by atoms with Crippen molar-refractivity contribution in [1.82, 2.24) is 15.5 Å². The van der Waals surface area contributed by atoms with Gasteiger partial charge in [-0.1, -0.05) is 6.92 Å². The van der Waals surface area contributed by atoms with Crippen LogP contribution in [-0.2, 0) is 9.59 Å². The fraction of sp³-hybridized carbons (Fsp3) is 0.500. The van der Waals surface area contributed by atoms with Gasteiger partial charge in [0.1, 0.15) is 5.82 Å². The number of hydrogen-bond acceptors (Lipinski definition) is 3. The van der Waals surface area contributed by atoms with E-state index in [0.29, 0.717) is 25.2 Å². The molecule has 0 bridgehead atoms. The summed E-state index contributed by atoms with van der Waals surface area (Å²) in [5, 5.41) is 5.19. The highest BCUT2D eigenvalue weighted by atomic mass is 19.1. The number of carbonyl (C=O) groups excluding carboxylic acids is 3. The first-order valence-electron chi connectivity index (χ1n) is 8.47. The first-order valence-corrected chi connectivity index (χ1v) is 8.47. The summed E-state index contributed by atoms with van der Waals surface area (Å²) >= 11 is 0. The van der Waals surface area contributed by atoms with Crippen LogP contribution in [0.4, 0.5) is 4.39 Å². The largest absolute Gasteiger partial charge is 0.356 e. The Labute approximate surface area is 147 Å². The molecule has 1 aromatic rings. The molecule has 0 saturated carbocycles. The van der Waals surface area contributed by atoms with Crippen LogP contribution in [0.3, 0.4) is 0 Å². The molecule has 0 aliphatic heterocycles. The van der Waals surface area contributed by atoms with Gasteiger partial charge in [-0.3, -0.25) is 14.4 Å². The average Bonchev–Trinajstić information content (AvgIpc) is 2.55. The maximum atomic E-state index is 13.4. The Morgan fingerprint density at radius 3 is 2.40 bits per heavy atom. The summed E-state index contributed by atoms with van der Waals surface area (Å²) in [6.07, 6.45) is 0.967. The van der Waals surface area contributed by atoms with Crippen molar-refractivity contribution in [2.75, 3.05) is 26.2 Å². The summed E-state index contributed by atoms with van der Waals surface area (Å²) < 4.78 is 13.4. The van der Waals surface area contributed by atoms with Gasteiger partial charge in [0.05, 0.1) is 6.54 Å². The van der Waals surface area contributed by atoms with Crippen molar-refractivity contribution in [3.8, 4) is 0 Å². The summed E-state index contributed by atoms with van der Waals surface area (Å²) in [5.74, 6) is -1.38. The van der Waals surface area contributed by atoms with E-state index >= 15 is 0 Å². The maximum absolute atomic E-state index is 13.4. The zero-order chi connectivity index (χ0) is 18.8. The number of nitrogens with one attached hydrogen (secondary N) is 2. The summed E-state index contributed by atoms with van der Waals surface area (Å²) in [6, 6.07) is 4.01. The number of amides is 3. The fourth-order valence-electron chi connectivity index (χ4n) is 2.39. The molecule has 0 aliphatic rings. The standard InChI is InChI=1S/C18H26FN3O3/c1-4-7-22(8-6-16(23)20-5-2)17(24)12-21-18(25)14-9-13(3)10-15(19)11-14/h9-11H,4-8,12H2,1-3H3,(H,20,23)(H,21,25). The molecule has 25 heavy (non-hydrogen) atoms. The third kappa shape index (κ3) is 7.32. The molecule has 6 nitrogen and oxygen atoms in total. The Bertz CT molecular complexity index is 599. The number of hydrogen-bond donors (Lipinski definition) is 2. The smallest absolute Gasteiger partial charge is 0.251 e. The second-order valence-corrected chi connectivity index (χ2v) is 5.78. The highest BCUT2D eigenvalue weighted by Crippen LogP contribution is 2.08. The van der Waals surface area contributed by atoms with Crippen molar-refractivity contribution in [3.05, 3.63) is 35.1 Å². The molecule has 0 heterocycles. The van der Waals surface area contributed by atoms with Crippen LogP contribution in [0.2, 0.25) is 0 Å². The van der Waals surface area contributed by atoms with Crippen molar-refractivity contribution in [2.45, 2.75) is 33.6 Å². The van der Waals surface area contributed by atoms with Gasteiger partial charge in [-0.25, -0.2) is 4.39 Å². The van der Waals surface area contributed by atoms with E-state index in [0.717, 1.165) is 12.5 Å². The number of benzene rings is 1. The van der Waals surface area contributed by atoms with Crippen molar-refractivity contribution in [3.63, 3.8) is 0 Å². The second kappa shape index (κ2) is 10.4. The number of halogens is 1. The molecule has 1 aromatic carbocycles. The van der Waals surface area contributed by atoms with Crippen molar-refractivity contribution >= 4 is 17.7 Å². The number of rotatable bonds is 9. The Kier molecular flexibility index (Phi) is 8.60. The van der Waals surface area contributed by atoms with E-state index in [1.54, 1.807) is 17.9 Å². The van der Waals surface area contributed by atoms with Gasteiger partial charge in [-0.15, -0.1) is 0 Å². The lowest BCUT2D eigenvalue weighted by Crippen LogP contribution is -2.42. The minimum Gasteiger partial charge on any atom is -0.356 e. The quantitative estimate of drug-likeness (QED) is 0.710. The van der Waals surface area contributed by atoms with Crippen molar-refractivity contribution < 1.29 is 18.8 Å². The van der Waals surface area contributed by atoms with Gasteiger partial charge in [0.25, 0.3) is 5.91 Å². The van der Waals surface area contributed by atoms with Gasteiger partial charge in [0.2, 0.25) is 11.8 Å². The summed E-state index contributed by atoms with van der Waals surface area (Å²) in [6.45, 7) is 6.61. The van der Waals surface area contributed by atoms with Crippen LogP contribution in [-0.4, -0.2) is 48.8 Å². The predicted octanol–water partition coefficient (Wildman–Crippen LogP) is 1.63. The third-order valence-corrected chi connectivity index (χ3v) is 3.53. The summed E-state index contributed by atoms with van der Waals surface area (Å²) in [5.41, 5.74) is 0.806. The normalized spacial score (nSPS) is 10.2. The molecule has 1 rings (SSSR count). The van der Waals surface area contributed by atoms with Crippen LogP contribution in [0.25, 0.3) is 0 Å². The molecule has 0 aromatic heterocycles. The lowest BCUT2D eigenvalue weighted by molar-refractivity contribution is -0.131. The van der Waals surface area contributed by atoms with Gasteiger partial charge in [0.15, 0.2) is 0 Å². The van der Waals surface area contributed by atoms with Crippen molar-refractivity contribution in [2.24, 2.45) is 0 Å². The van der Waals surface area contributed by atoms with Crippen LogP contribution in [0.1, 0.15) is 42.6 Å². The lowest BCUT2D eigenvalue weighted by Gasteiger charge is -2.22. The first-order chi connectivity index (χ1) is 11.9. The summed E-state index contributed by atoms with van der Waals surface area (Å²) in [7, 11) is 0. The Morgan fingerprint density at radius 2 is 1.80 bits per heavy atom. The predicted molar refractivity (Wildman–Crippen MR) is 93.6 cm³/mol. The summed E-state index contributed by atoms with van der Waals surface area (Å²) in [4.78, 5) is 37.4. The number of carbonyl (C=O) groups is 3. The molecule has 0 spiro atoms. The second-order valence-electron chi connectivity index (χ2n) is 5.78. The molecule has 0 saturated heterocycles. The zero-order valence-corrected chi connectivity index (χ0v) is 15.0. The Balaban J connectivity index is 2.58. The minimum absolute atomic E-state index is 0.115. The van der Waals surface area contributed by atoms with E-state index in [4.69, 9.17) is 0 Å². The molecule has 0 unspecified atom stereocenters. The zero-order valence-electron chi connectivity index (χ0n) is 15.0. The molecule has 0 fully saturated rings. The van der Waals surface area contributed by atoms with E-state index < -0.39 is 11.7 Å². The molecule has 0 radical (unpaired) electrons. The van der Waals surface area contributed by atoms with Gasteiger partial charge >= 0.3 is 0 Å². The SMILES string of the molecule is CCCN(CCC(=O)NCC)C(=O)CNC(=O)c1cc(C)cc(F)c1. The first kappa shape index (κ1) is 20.6. The molecule has 0 aliphatic carbocycles. The van der Waals surface area contributed by atoms with Crippen LogP contribution in [0, 0.1) is 12.7 Å². The van der Waals surface area contributed by atoms with Crippen LogP contribution < -0.4 is 10.6 Å². The van der Waals surface area contributed by atoms with Crippen LogP contribution in [0.5, 0.6) is 0 Å². The third-order valence-electron chi connectivity index (χ3n) is 3.53. The van der Waals surface area contributed by atoms with E-state index in [1.807, 2.05) is 13.8 Å². The maximum Gasteiger partial charge on any atom is 0.251 e. The van der Waals surface area contributed by atoms with Gasteiger partial charge in [0, 0.05) is 31.6 Å². The van der Waals surface area contributed by atoms with Gasteiger partial charge in [-0.2, -0.15) is 0 Å². The lowest BCUT2D eigenvalue weighted by atomic mass is 10.1. The fourth-order valence-corrected chi connectivity index (χ4v) is 2.39. The molecular formula is C18H26FN3O3. The highest BCUT2D eigenvalue weighted by Gasteiger charge is 2.16. The molecule has 3 amide bonds. The number of nitrogens with zero attached hydrogens (tertiary/aromatic N) is 1. The van der Waals surface area contributed by atoms with Crippen LogP contribution >= 0.6 is 0 Å². The highest BCUT2D eigenvalue weighted by molar-refractivity contribution is 5.96.